The molecule has 5 nitrogen and oxygen atoms in total. The van der Waals surface area contributed by atoms with Gasteiger partial charge in [-0.25, -0.2) is 8.42 Å². The van der Waals surface area contributed by atoms with Crippen LogP contribution in [0.5, 0.6) is 0 Å². The van der Waals surface area contributed by atoms with Gasteiger partial charge in [0.15, 0.2) is 0 Å². The summed E-state index contributed by atoms with van der Waals surface area (Å²) in [6, 6.07) is 22.2. The Morgan fingerprint density at radius 1 is 0.900 bits per heavy atom. The van der Waals surface area contributed by atoms with Gasteiger partial charge in [0, 0.05) is 23.1 Å². The van der Waals surface area contributed by atoms with E-state index in [1.807, 2.05) is 30.3 Å². The summed E-state index contributed by atoms with van der Waals surface area (Å²) in [6.45, 7) is -0.102. The first kappa shape index (κ1) is 22.3. The van der Waals surface area contributed by atoms with E-state index in [-0.39, 0.29) is 18.0 Å². The van der Waals surface area contributed by atoms with Crippen LogP contribution in [0.2, 0.25) is 10.0 Å². The van der Waals surface area contributed by atoms with Crippen molar-refractivity contribution < 1.29 is 13.2 Å². The highest BCUT2D eigenvalue weighted by Gasteiger charge is 2.27. The summed E-state index contributed by atoms with van der Waals surface area (Å²) in [5.74, 6) is -0.413. The van der Waals surface area contributed by atoms with Gasteiger partial charge in [0.25, 0.3) is 0 Å². The molecule has 0 saturated carbocycles. The highest BCUT2D eigenvalue weighted by Crippen LogP contribution is 2.25. The summed E-state index contributed by atoms with van der Waals surface area (Å²) < 4.78 is 27.5. The molecule has 0 unspecified atom stereocenters. The zero-order valence-electron chi connectivity index (χ0n) is 16.0. The van der Waals surface area contributed by atoms with Crippen molar-refractivity contribution in [3.05, 3.63) is 100 Å². The number of hydrogen-bond acceptors (Lipinski definition) is 3. The number of nitrogens with zero attached hydrogens (tertiary/aromatic N) is 1. The predicted molar refractivity (Wildman–Crippen MR) is 119 cm³/mol. The molecule has 0 bridgehead atoms. The molecule has 0 heterocycles. The van der Waals surface area contributed by atoms with E-state index in [0.29, 0.717) is 22.2 Å². The number of hydrogen-bond donors (Lipinski definition) is 1. The topological polar surface area (TPSA) is 66.5 Å². The van der Waals surface area contributed by atoms with Crippen molar-refractivity contribution in [2.45, 2.75) is 18.0 Å². The molecule has 0 spiro atoms. The molecule has 3 aromatic carbocycles. The minimum atomic E-state index is -3.92. The fourth-order valence-corrected chi connectivity index (χ4v) is 4.68. The lowest BCUT2D eigenvalue weighted by Gasteiger charge is -2.22. The smallest absolute Gasteiger partial charge is 0.243 e. The molecule has 3 rings (SSSR count). The summed E-state index contributed by atoms with van der Waals surface area (Å²) in [7, 11) is -3.92. The Bertz CT molecular complexity index is 1110. The zero-order valence-corrected chi connectivity index (χ0v) is 18.3. The molecule has 0 aliphatic rings. The van der Waals surface area contributed by atoms with E-state index in [9.17, 15) is 13.2 Å². The van der Waals surface area contributed by atoms with Crippen LogP contribution in [-0.4, -0.2) is 25.2 Å². The molecule has 0 aliphatic carbocycles. The SMILES string of the molecule is O=C(CN(Cc1ccc(Cl)cc1Cl)S(=O)(=O)c1ccccc1)NCc1ccccc1. The van der Waals surface area contributed by atoms with E-state index in [4.69, 9.17) is 23.2 Å². The lowest BCUT2D eigenvalue weighted by molar-refractivity contribution is -0.121. The van der Waals surface area contributed by atoms with Crippen molar-refractivity contribution in [2.75, 3.05) is 6.54 Å². The summed E-state index contributed by atoms with van der Waals surface area (Å²) >= 11 is 12.2. The first-order valence-corrected chi connectivity index (χ1v) is 11.4. The Balaban J connectivity index is 1.82. The first-order valence-electron chi connectivity index (χ1n) is 9.16. The Labute approximate surface area is 186 Å². The third kappa shape index (κ3) is 5.83. The van der Waals surface area contributed by atoms with Crippen LogP contribution in [-0.2, 0) is 27.9 Å². The van der Waals surface area contributed by atoms with Gasteiger partial charge >= 0.3 is 0 Å². The maximum Gasteiger partial charge on any atom is 0.243 e. The number of halogens is 2. The monoisotopic (exact) mass is 462 g/mol. The molecule has 156 valence electrons. The highest BCUT2D eigenvalue weighted by molar-refractivity contribution is 7.89. The van der Waals surface area contributed by atoms with Crippen molar-refractivity contribution in [1.29, 1.82) is 0 Å². The van der Waals surface area contributed by atoms with Gasteiger partial charge in [-0.1, -0.05) is 77.8 Å². The van der Waals surface area contributed by atoms with Crippen LogP contribution in [0.25, 0.3) is 0 Å². The van der Waals surface area contributed by atoms with Crippen LogP contribution in [0, 0.1) is 0 Å². The minimum Gasteiger partial charge on any atom is -0.351 e. The second-order valence-electron chi connectivity index (χ2n) is 6.58. The van der Waals surface area contributed by atoms with Crippen LogP contribution in [0.15, 0.2) is 83.8 Å². The van der Waals surface area contributed by atoms with E-state index >= 15 is 0 Å². The van der Waals surface area contributed by atoms with E-state index in [2.05, 4.69) is 5.32 Å². The number of sulfonamides is 1. The maximum atomic E-state index is 13.2. The third-order valence-corrected chi connectivity index (χ3v) is 6.79. The Morgan fingerprint density at radius 2 is 1.53 bits per heavy atom. The van der Waals surface area contributed by atoms with E-state index in [1.165, 1.54) is 12.1 Å². The summed E-state index contributed by atoms with van der Waals surface area (Å²) in [4.78, 5) is 12.7. The molecule has 0 fully saturated rings. The average Bonchev–Trinajstić information content (AvgIpc) is 2.75. The van der Waals surface area contributed by atoms with Gasteiger partial charge in [-0.05, 0) is 35.4 Å². The van der Waals surface area contributed by atoms with Gasteiger partial charge in [0.1, 0.15) is 0 Å². The number of carbonyl (C=O) groups excluding carboxylic acids is 1. The van der Waals surface area contributed by atoms with Gasteiger partial charge in [-0.3, -0.25) is 4.79 Å². The van der Waals surface area contributed by atoms with Crippen LogP contribution in [0.4, 0.5) is 0 Å². The molecule has 1 N–H and O–H groups in total. The molecular weight excluding hydrogens is 443 g/mol. The van der Waals surface area contributed by atoms with Gasteiger partial charge in [0.2, 0.25) is 15.9 Å². The van der Waals surface area contributed by atoms with Crippen molar-refractivity contribution >= 4 is 39.1 Å². The van der Waals surface area contributed by atoms with E-state index in [0.717, 1.165) is 9.87 Å². The molecule has 8 heteroatoms. The van der Waals surface area contributed by atoms with E-state index in [1.54, 1.807) is 36.4 Å². The maximum absolute atomic E-state index is 13.2. The first-order chi connectivity index (χ1) is 14.4. The average molecular weight is 463 g/mol. The predicted octanol–water partition coefficient (Wildman–Crippen LogP) is 4.50. The summed E-state index contributed by atoms with van der Waals surface area (Å²) in [6.07, 6.45) is 0. The number of benzene rings is 3. The fraction of sp³-hybridized carbons (Fsp3) is 0.136. The lowest BCUT2D eigenvalue weighted by Crippen LogP contribution is -2.40. The molecule has 0 aliphatic heterocycles. The molecular formula is C22H20Cl2N2O3S. The number of carbonyl (C=O) groups is 1. The van der Waals surface area contributed by atoms with Crippen LogP contribution in [0.1, 0.15) is 11.1 Å². The minimum absolute atomic E-state index is 0.0635. The number of nitrogens with one attached hydrogen (secondary N) is 1. The van der Waals surface area contributed by atoms with Gasteiger partial charge in [-0.2, -0.15) is 4.31 Å². The molecule has 30 heavy (non-hydrogen) atoms. The molecule has 0 atom stereocenters. The molecule has 0 aromatic heterocycles. The molecule has 0 saturated heterocycles. The third-order valence-electron chi connectivity index (χ3n) is 4.40. The Kier molecular flexibility index (Phi) is 7.50. The van der Waals surface area contributed by atoms with Crippen molar-refractivity contribution in [3.63, 3.8) is 0 Å². The fourth-order valence-electron chi connectivity index (χ4n) is 2.82. The van der Waals surface area contributed by atoms with Gasteiger partial charge in [-0.15, -0.1) is 0 Å². The Morgan fingerprint density at radius 3 is 2.17 bits per heavy atom. The number of amides is 1. The van der Waals surface area contributed by atoms with Crippen LogP contribution < -0.4 is 5.32 Å². The van der Waals surface area contributed by atoms with Crippen LogP contribution in [0.3, 0.4) is 0 Å². The summed E-state index contributed by atoms with van der Waals surface area (Å²) in [5.41, 5.74) is 1.47. The summed E-state index contributed by atoms with van der Waals surface area (Å²) in [5, 5.41) is 3.54. The molecule has 0 radical (unpaired) electrons. The largest absolute Gasteiger partial charge is 0.351 e. The lowest BCUT2D eigenvalue weighted by atomic mass is 10.2. The second-order valence-corrected chi connectivity index (χ2v) is 9.37. The quantitative estimate of drug-likeness (QED) is 0.535. The van der Waals surface area contributed by atoms with Gasteiger partial charge < -0.3 is 5.32 Å². The number of rotatable bonds is 8. The van der Waals surface area contributed by atoms with Crippen molar-refractivity contribution in [3.8, 4) is 0 Å². The van der Waals surface area contributed by atoms with Gasteiger partial charge in [0.05, 0.1) is 11.4 Å². The molecule has 3 aromatic rings. The van der Waals surface area contributed by atoms with Crippen molar-refractivity contribution in [2.24, 2.45) is 0 Å². The second kappa shape index (κ2) is 10.1. The van der Waals surface area contributed by atoms with Crippen LogP contribution >= 0.6 is 23.2 Å². The highest BCUT2D eigenvalue weighted by atomic mass is 35.5. The van der Waals surface area contributed by atoms with Crippen molar-refractivity contribution in [1.82, 2.24) is 9.62 Å². The normalized spacial score (nSPS) is 11.4. The standard InChI is InChI=1S/C22H20Cl2N2O3S/c23-19-12-11-18(21(24)13-19)15-26(30(28,29)20-9-5-2-6-10-20)16-22(27)25-14-17-7-3-1-4-8-17/h1-13H,14-16H2,(H,25,27). The van der Waals surface area contributed by atoms with E-state index < -0.39 is 15.9 Å². The Hall–Kier alpha value is -2.38. The molecule has 1 amide bonds. The zero-order chi connectivity index (χ0) is 21.6.